The maximum absolute atomic E-state index is 12.1. The third kappa shape index (κ3) is 5.15. The first-order valence-electron chi connectivity index (χ1n) is 8.30. The summed E-state index contributed by atoms with van der Waals surface area (Å²) in [6.45, 7) is 4.94. The Labute approximate surface area is 137 Å². The number of carbonyl (C=O) groups excluding carboxylic acids is 2. The van der Waals surface area contributed by atoms with Gasteiger partial charge in [0.1, 0.15) is 0 Å². The van der Waals surface area contributed by atoms with E-state index in [0.717, 1.165) is 25.8 Å². The Balaban J connectivity index is 1.83. The quantitative estimate of drug-likeness (QED) is 0.791. The second-order valence-corrected chi connectivity index (χ2v) is 6.27. The van der Waals surface area contributed by atoms with Crippen molar-refractivity contribution in [2.75, 3.05) is 18.4 Å². The van der Waals surface area contributed by atoms with Gasteiger partial charge in [-0.2, -0.15) is 0 Å². The number of hydrogen-bond acceptors (Lipinski definition) is 4. The van der Waals surface area contributed by atoms with Gasteiger partial charge in [-0.05, 0) is 57.5 Å². The number of nitrogens with one attached hydrogen (secondary N) is 1. The lowest BCUT2D eigenvalue weighted by atomic mass is 9.98. The Morgan fingerprint density at radius 3 is 2.61 bits per heavy atom. The molecule has 0 radical (unpaired) electrons. The Bertz CT molecular complexity index is 540. The maximum atomic E-state index is 12.1. The first-order chi connectivity index (χ1) is 11.0. The molecule has 0 aromatic heterocycles. The molecule has 2 atom stereocenters. The van der Waals surface area contributed by atoms with Crippen LogP contribution in [-0.2, 0) is 4.79 Å². The van der Waals surface area contributed by atoms with Gasteiger partial charge in [0.25, 0.3) is 0 Å². The molecule has 2 unspecified atom stereocenters. The molecule has 0 saturated carbocycles. The van der Waals surface area contributed by atoms with Crippen molar-refractivity contribution >= 4 is 17.4 Å². The van der Waals surface area contributed by atoms with Crippen molar-refractivity contribution in [3.8, 4) is 0 Å². The van der Waals surface area contributed by atoms with E-state index in [4.69, 9.17) is 0 Å². The van der Waals surface area contributed by atoms with Crippen molar-refractivity contribution in [2.45, 2.75) is 51.7 Å². The van der Waals surface area contributed by atoms with Gasteiger partial charge in [-0.25, -0.2) is 0 Å². The summed E-state index contributed by atoms with van der Waals surface area (Å²) in [7, 11) is 0. The molecule has 1 amide bonds. The van der Waals surface area contributed by atoms with E-state index in [1.54, 1.807) is 24.3 Å². The maximum Gasteiger partial charge on any atom is 0.225 e. The molecule has 0 aliphatic carbocycles. The molecule has 5 nitrogen and oxygen atoms in total. The van der Waals surface area contributed by atoms with Crippen LogP contribution in [0, 0.1) is 0 Å². The molecule has 1 aromatic carbocycles. The van der Waals surface area contributed by atoms with Crippen molar-refractivity contribution in [2.24, 2.45) is 0 Å². The summed E-state index contributed by atoms with van der Waals surface area (Å²) >= 11 is 0. The molecular weight excluding hydrogens is 292 g/mol. The molecule has 0 bridgehead atoms. The van der Waals surface area contributed by atoms with Gasteiger partial charge in [-0.3, -0.25) is 14.5 Å². The van der Waals surface area contributed by atoms with Crippen LogP contribution in [0.15, 0.2) is 24.3 Å². The topological polar surface area (TPSA) is 69.6 Å². The highest BCUT2D eigenvalue weighted by Crippen LogP contribution is 2.20. The number of benzene rings is 1. The number of Topliss-reactive ketones (excluding diaryl/α,β-unsaturated/α-hetero) is 1. The van der Waals surface area contributed by atoms with E-state index < -0.39 is 0 Å². The molecule has 23 heavy (non-hydrogen) atoms. The van der Waals surface area contributed by atoms with Crippen molar-refractivity contribution in [1.29, 1.82) is 0 Å². The minimum absolute atomic E-state index is 0.0112. The Morgan fingerprint density at radius 2 is 2.00 bits per heavy atom. The fourth-order valence-corrected chi connectivity index (χ4v) is 3.10. The number of carbonyl (C=O) groups is 2. The third-order valence-corrected chi connectivity index (χ3v) is 4.42. The van der Waals surface area contributed by atoms with Crippen LogP contribution in [0.1, 0.15) is 49.9 Å². The second-order valence-electron chi connectivity index (χ2n) is 6.27. The lowest BCUT2D eigenvalue weighted by Crippen LogP contribution is -2.46. The van der Waals surface area contributed by atoms with Crippen LogP contribution in [0.2, 0.25) is 0 Å². The number of ketones is 1. The number of anilines is 1. The summed E-state index contributed by atoms with van der Waals surface area (Å²) in [6.07, 6.45) is 3.29. The highest BCUT2D eigenvalue weighted by molar-refractivity contribution is 5.95. The highest BCUT2D eigenvalue weighted by Gasteiger charge is 2.26. The molecular formula is C18H26N2O3. The van der Waals surface area contributed by atoms with E-state index in [0.29, 0.717) is 24.2 Å². The Kier molecular flexibility index (Phi) is 6.30. The summed E-state index contributed by atoms with van der Waals surface area (Å²) in [6, 6.07) is 7.08. The molecule has 1 aliphatic rings. The first-order valence-corrected chi connectivity index (χ1v) is 8.30. The third-order valence-electron chi connectivity index (χ3n) is 4.42. The SMILES string of the molecule is CC(=O)c1ccc(NC(=O)CCN2CCCCC2C(C)O)cc1. The van der Waals surface area contributed by atoms with Crippen LogP contribution < -0.4 is 5.32 Å². The second kappa shape index (κ2) is 8.22. The molecule has 2 N–H and O–H groups in total. The average molecular weight is 318 g/mol. The summed E-state index contributed by atoms with van der Waals surface area (Å²) in [4.78, 5) is 25.5. The molecule has 0 spiro atoms. The Hall–Kier alpha value is -1.72. The van der Waals surface area contributed by atoms with Crippen molar-refractivity contribution < 1.29 is 14.7 Å². The molecule has 5 heteroatoms. The Morgan fingerprint density at radius 1 is 1.30 bits per heavy atom. The van der Waals surface area contributed by atoms with Gasteiger partial charge in [-0.1, -0.05) is 6.42 Å². The number of aliphatic hydroxyl groups is 1. The molecule has 1 aliphatic heterocycles. The number of likely N-dealkylation sites (tertiary alicyclic amines) is 1. The van der Waals surface area contributed by atoms with Crippen LogP contribution >= 0.6 is 0 Å². The van der Waals surface area contributed by atoms with Crippen LogP contribution in [0.3, 0.4) is 0 Å². The van der Waals surface area contributed by atoms with E-state index >= 15 is 0 Å². The molecule has 1 fully saturated rings. The number of hydrogen-bond donors (Lipinski definition) is 2. The van der Waals surface area contributed by atoms with Gasteiger partial charge in [0.05, 0.1) is 6.10 Å². The lowest BCUT2D eigenvalue weighted by Gasteiger charge is -2.37. The van der Waals surface area contributed by atoms with Crippen LogP contribution in [-0.4, -0.2) is 46.9 Å². The normalized spacial score (nSPS) is 20.0. The minimum Gasteiger partial charge on any atom is -0.392 e. The van der Waals surface area contributed by atoms with Gasteiger partial charge < -0.3 is 10.4 Å². The summed E-state index contributed by atoms with van der Waals surface area (Å²) in [5.41, 5.74) is 1.34. The van der Waals surface area contributed by atoms with E-state index in [-0.39, 0.29) is 23.8 Å². The predicted molar refractivity (Wildman–Crippen MR) is 90.6 cm³/mol. The zero-order valence-electron chi connectivity index (χ0n) is 13.9. The summed E-state index contributed by atoms with van der Waals surface area (Å²) in [5, 5.41) is 12.7. The van der Waals surface area contributed by atoms with Crippen molar-refractivity contribution in [1.82, 2.24) is 4.90 Å². The standard InChI is InChI=1S/C18H26N2O3/c1-13(21)15-6-8-16(9-7-15)19-18(23)10-12-20-11-4-3-5-17(20)14(2)22/h6-9,14,17,22H,3-5,10-12H2,1-2H3,(H,19,23). The van der Waals surface area contributed by atoms with E-state index in [9.17, 15) is 14.7 Å². The van der Waals surface area contributed by atoms with Gasteiger partial charge in [0.15, 0.2) is 5.78 Å². The molecule has 1 heterocycles. The van der Waals surface area contributed by atoms with Crippen LogP contribution in [0.4, 0.5) is 5.69 Å². The van der Waals surface area contributed by atoms with Crippen LogP contribution in [0.25, 0.3) is 0 Å². The van der Waals surface area contributed by atoms with Gasteiger partial charge in [0, 0.05) is 30.3 Å². The van der Waals surface area contributed by atoms with Crippen LogP contribution in [0.5, 0.6) is 0 Å². The zero-order valence-corrected chi connectivity index (χ0v) is 13.9. The molecule has 2 rings (SSSR count). The van der Waals surface area contributed by atoms with E-state index in [1.165, 1.54) is 6.92 Å². The van der Waals surface area contributed by atoms with Crippen molar-refractivity contribution in [3.63, 3.8) is 0 Å². The minimum atomic E-state index is -0.363. The fourth-order valence-electron chi connectivity index (χ4n) is 3.10. The predicted octanol–water partition coefficient (Wildman–Crippen LogP) is 2.45. The van der Waals surface area contributed by atoms with Crippen molar-refractivity contribution in [3.05, 3.63) is 29.8 Å². The van der Waals surface area contributed by atoms with E-state index in [1.807, 2.05) is 6.92 Å². The van der Waals surface area contributed by atoms with Gasteiger partial charge in [-0.15, -0.1) is 0 Å². The largest absolute Gasteiger partial charge is 0.392 e. The average Bonchev–Trinajstić information content (AvgIpc) is 2.53. The van der Waals surface area contributed by atoms with E-state index in [2.05, 4.69) is 10.2 Å². The molecule has 1 saturated heterocycles. The number of aliphatic hydroxyl groups excluding tert-OH is 1. The molecule has 126 valence electrons. The smallest absolute Gasteiger partial charge is 0.225 e. The first kappa shape index (κ1) is 17.6. The number of rotatable bonds is 6. The lowest BCUT2D eigenvalue weighted by molar-refractivity contribution is -0.116. The van der Waals surface area contributed by atoms with Gasteiger partial charge >= 0.3 is 0 Å². The summed E-state index contributed by atoms with van der Waals surface area (Å²) in [5.74, 6) is -0.0346. The fraction of sp³-hybridized carbons (Fsp3) is 0.556. The van der Waals surface area contributed by atoms with Gasteiger partial charge in [0.2, 0.25) is 5.91 Å². The monoisotopic (exact) mass is 318 g/mol. The number of piperidine rings is 1. The zero-order chi connectivity index (χ0) is 16.8. The number of nitrogens with zero attached hydrogens (tertiary/aromatic N) is 1. The highest BCUT2D eigenvalue weighted by atomic mass is 16.3. The number of amides is 1. The summed E-state index contributed by atoms with van der Waals surface area (Å²) < 4.78 is 0. The molecule has 1 aromatic rings.